The Morgan fingerprint density at radius 3 is 2.42 bits per heavy atom. The van der Waals surface area contributed by atoms with Gasteiger partial charge < -0.3 is 14.4 Å². The molecular weight excluding hydrogens is 367 g/mol. The van der Waals surface area contributed by atoms with Crippen LogP contribution in [0.25, 0.3) is 0 Å². The summed E-state index contributed by atoms with van der Waals surface area (Å²) in [5.41, 5.74) is -0.533. The highest BCUT2D eigenvalue weighted by Crippen LogP contribution is 2.35. The highest BCUT2D eigenvalue weighted by molar-refractivity contribution is 6.31. The molecule has 26 heavy (non-hydrogen) atoms. The molecule has 0 unspecified atom stereocenters. The Bertz CT molecular complexity index is 839. The lowest BCUT2D eigenvalue weighted by Crippen LogP contribution is -2.27. The largest absolute Gasteiger partial charge is 0.493 e. The van der Waals surface area contributed by atoms with Gasteiger partial charge in [0.25, 0.3) is 11.6 Å². The van der Waals surface area contributed by atoms with Crippen LogP contribution in [-0.4, -0.2) is 37.0 Å². The van der Waals surface area contributed by atoms with E-state index in [-0.39, 0.29) is 34.2 Å². The van der Waals surface area contributed by atoms with Crippen LogP contribution >= 0.6 is 11.6 Å². The number of nitro benzene ring substituents is 1. The van der Waals surface area contributed by atoms with Gasteiger partial charge in [0.1, 0.15) is 11.4 Å². The molecule has 7 nitrogen and oxygen atoms in total. The van der Waals surface area contributed by atoms with Crippen molar-refractivity contribution in [3.8, 4) is 11.5 Å². The van der Waals surface area contributed by atoms with Gasteiger partial charge in [-0.1, -0.05) is 17.7 Å². The van der Waals surface area contributed by atoms with E-state index in [1.54, 1.807) is 0 Å². The first-order valence-electron chi connectivity index (χ1n) is 7.38. The van der Waals surface area contributed by atoms with Gasteiger partial charge in [0.2, 0.25) is 0 Å². The lowest BCUT2D eigenvalue weighted by Gasteiger charge is -2.19. The van der Waals surface area contributed by atoms with Crippen molar-refractivity contribution in [2.24, 2.45) is 0 Å². The normalized spacial score (nSPS) is 10.3. The summed E-state index contributed by atoms with van der Waals surface area (Å²) < 4.78 is 24.1. The van der Waals surface area contributed by atoms with E-state index >= 15 is 0 Å². The first-order chi connectivity index (χ1) is 12.3. The lowest BCUT2D eigenvalue weighted by atomic mass is 10.1. The highest BCUT2D eigenvalue weighted by Gasteiger charge is 2.27. The van der Waals surface area contributed by atoms with E-state index in [1.165, 1.54) is 45.5 Å². The second-order valence-electron chi connectivity index (χ2n) is 5.34. The molecule has 0 saturated heterocycles. The van der Waals surface area contributed by atoms with Gasteiger partial charge in [0, 0.05) is 30.2 Å². The number of ether oxygens (including phenoxy) is 2. The molecule has 9 heteroatoms. The first-order valence-corrected chi connectivity index (χ1v) is 7.76. The monoisotopic (exact) mass is 382 g/mol. The number of hydrogen-bond donors (Lipinski definition) is 0. The van der Waals surface area contributed by atoms with Crippen LogP contribution in [0.1, 0.15) is 15.9 Å². The van der Waals surface area contributed by atoms with Crippen molar-refractivity contribution in [1.82, 2.24) is 4.90 Å². The van der Waals surface area contributed by atoms with E-state index in [1.807, 2.05) is 0 Å². The third-order valence-corrected chi connectivity index (χ3v) is 4.09. The maximum atomic E-state index is 13.9. The SMILES string of the molecule is COc1cc(C(=O)N(C)Cc2c(F)cccc2Cl)c([N+](=O)[O-])cc1OC. The lowest BCUT2D eigenvalue weighted by molar-refractivity contribution is -0.385. The van der Waals surface area contributed by atoms with Crippen molar-refractivity contribution in [2.75, 3.05) is 21.3 Å². The first kappa shape index (κ1) is 19.5. The molecule has 0 heterocycles. The molecule has 0 aliphatic heterocycles. The Hall–Kier alpha value is -2.87. The molecule has 138 valence electrons. The Morgan fingerprint density at radius 1 is 1.27 bits per heavy atom. The fraction of sp³-hybridized carbons (Fsp3) is 0.235. The molecular formula is C17H16ClFN2O5. The molecule has 0 atom stereocenters. The van der Waals surface area contributed by atoms with Gasteiger partial charge in [-0.05, 0) is 12.1 Å². The minimum Gasteiger partial charge on any atom is -0.493 e. The van der Waals surface area contributed by atoms with Crippen molar-refractivity contribution in [3.05, 3.63) is 62.4 Å². The zero-order valence-electron chi connectivity index (χ0n) is 14.3. The van der Waals surface area contributed by atoms with E-state index in [9.17, 15) is 19.3 Å². The Morgan fingerprint density at radius 2 is 1.88 bits per heavy atom. The smallest absolute Gasteiger partial charge is 0.286 e. The number of carbonyl (C=O) groups is 1. The topological polar surface area (TPSA) is 81.9 Å². The number of hydrogen-bond acceptors (Lipinski definition) is 5. The fourth-order valence-electron chi connectivity index (χ4n) is 2.39. The molecule has 0 aliphatic rings. The zero-order valence-corrected chi connectivity index (χ0v) is 15.0. The standard InChI is InChI=1S/C17H16ClFN2O5/c1-20(9-11-12(18)5-4-6-13(11)19)17(22)10-7-15(25-2)16(26-3)8-14(10)21(23)24/h4-8H,9H2,1-3H3. The number of nitrogens with zero attached hydrogens (tertiary/aromatic N) is 2. The summed E-state index contributed by atoms with van der Waals surface area (Å²) in [7, 11) is 4.07. The fourth-order valence-corrected chi connectivity index (χ4v) is 2.61. The molecule has 1 amide bonds. The molecule has 0 N–H and O–H groups in total. The van der Waals surface area contributed by atoms with Crippen molar-refractivity contribution in [3.63, 3.8) is 0 Å². The number of amides is 1. The van der Waals surface area contributed by atoms with E-state index in [0.29, 0.717) is 0 Å². The zero-order chi connectivity index (χ0) is 19.4. The summed E-state index contributed by atoms with van der Waals surface area (Å²) in [6, 6.07) is 6.49. The molecule has 2 rings (SSSR count). The highest BCUT2D eigenvalue weighted by atomic mass is 35.5. The van der Waals surface area contributed by atoms with Gasteiger partial charge in [-0.2, -0.15) is 0 Å². The quantitative estimate of drug-likeness (QED) is 0.562. The number of carbonyl (C=O) groups excluding carboxylic acids is 1. The van der Waals surface area contributed by atoms with Crippen LogP contribution in [0.5, 0.6) is 11.5 Å². The number of rotatable bonds is 6. The minimum absolute atomic E-state index is 0.119. The third-order valence-electron chi connectivity index (χ3n) is 3.73. The van der Waals surface area contributed by atoms with Crippen LogP contribution in [0.15, 0.2) is 30.3 Å². The third kappa shape index (κ3) is 3.85. The molecule has 0 saturated carbocycles. The van der Waals surface area contributed by atoms with Crippen molar-refractivity contribution < 1.29 is 23.6 Å². The predicted octanol–water partition coefficient (Wildman–Crippen LogP) is 3.68. The van der Waals surface area contributed by atoms with Crippen LogP contribution < -0.4 is 9.47 Å². The molecule has 0 aromatic heterocycles. The van der Waals surface area contributed by atoms with E-state index < -0.39 is 22.3 Å². The van der Waals surface area contributed by atoms with Gasteiger partial charge in [0.05, 0.1) is 25.2 Å². The summed E-state index contributed by atoms with van der Waals surface area (Å²) in [5.74, 6) is -0.967. The van der Waals surface area contributed by atoms with Gasteiger partial charge >= 0.3 is 0 Å². The van der Waals surface area contributed by atoms with Crippen LogP contribution in [0, 0.1) is 15.9 Å². The Kier molecular flexibility index (Phi) is 5.99. The summed E-state index contributed by atoms with van der Waals surface area (Å²) in [6.07, 6.45) is 0. The molecule has 0 spiro atoms. The number of methoxy groups -OCH3 is 2. The van der Waals surface area contributed by atoms with Crippen LogP contribution in [0.3, 0.4) is 0 Å². The summed E-state index contributed by atoms with van der Waals surface area (Å²) in [6.45, 7) is -0.157. The maximum absolute atomic E-state index is 13.9. The van der Waals surface area contributed by atoms with Crippen molar-refractivity contribution in [2.45, 2.75) is 6.54 Å². The predicted molar refractivity (Wildman–Crippen MR) is 93.4 cm³/mol. The Balaban J connectivity index is 2.43. The minimum atomic E-state index is -0.695. The average Bonchev–Trinajstić information content (AvgIpc) is 2.62. The van der Waals surface area contributed by atoms with Crippen LogP contribution in [0.2, 0.25) is 5.02 Å². The second-order valence-corrected chi connectivity index (χ2v) is 5.75. The van der Waals surface area contributed by atoms with Gasteiger partial charge in [-0.25, -0.2) is 4.39 Å². The summed E-state index contributed by atoms with van der Waals surface area (Å²) >= 11 is 5.97. The molecule has 2 aromatic carbocycles. The van der Waals surface area contributed by atoms with Crippen molar-refractivity contribution in [1.29, 1.82) is 0 Å². The number of benzene rings is 2. The molecule has 0 radical (unpaired) electrons. The van der Waals surface area contributed by atoms with Crippen molar-refractivity contribution >= 4 is 23.2 Å². The maximum Gasteiger partial charge on any atom is 0.286 e. The molecule has 0 aliphatic carbocycles. The van der Waals surface area contributed by atoms with Gasteiger partial charge in [-0.3, -0.25) is 14.9 Å². The molecule has 0 fully saturated rings. The van der Waals surface area contributed by atoms with E-state index in [4.69, 9.17) is 21.1 Å². The Labute approximate surface area is 154 Å². The average molecular weight is 383 g/mol. The van der Waals surface area contributed by atoms with E-state index in [2.05, 4.69) is 0 Å². The molecule has 0 bridgehead atoms. The van der Waals surface area contributed by atoms with E-state index in [0.717, 1.165) is 11.0 Å². The summed E-state index contributed by atoms with van der Waals surface area (Å²) in [5, 5.41) is 11.5. The number of halogens is 2. The second kappa shape index (κ2) is 8.01. The van der Waals surface area contributed by atoms with Gasteiger partial charge in [0.15, 0.2) is 11.5 Å². The summed E-state index contributed by atoms with van der Waals surface area (Å²) in [4.78, 5) is 24.5. The van der Waals surface area contributed by atoms with Crippen LogP contribution in [-0.2, 0) is 6.54 Å². The molecule has 2 aromatic rings. The van der Waals surface area contributed by atoms with Gasteiger partial charge in [-0.15, -0.1) is 0 Å². The number of nitro groups is 1. The van der Waals surface area contributed by atoms with Crippen LogP contribution in [0.4, 0.5) is 10.1 Å².